The van der Waals surface area contributed by atoms with Gasteiger partial charge in [0.2, 0.25) is 11.8 Å². The first-order valence-electron chi connectivity index (χ1n) is 9.38. The van der Waals surface area contributed by atoms with Gasteiger partial charge in [-0.3, -0.25) is 9.59 Å². The minimum atomic E-state index is -0.0871. The fourth-order valence-corrected chi connectivity index (χ4v) is 3.55. The van der Waals surface area contributed by atoms with Gasteiger partial charge < -0.3 is 10.6 Å². The Morgan fingerprint density at radius 3 is 2.07 bits per heavy atom. The number of nitrogens with zero attached hydrogens (tertiary/aromatic N) is 1. The van der Waals surface area contributed by atoms with Crippen LogP contribution in [0.25, 0.3) is 0 Å². The minimum Gasteiger partial charge on any atom is -0.352 e. The second-order valence-corrected chi connectivity index (χ2v) is 7.51. The number of nitrogens with one attached hydrogen (secondary N) is 2. The van der Waals surface area contributed by atoms with E-state index in [4.69, 9.17) is 16.9 Å². The summed E-state index contributed by atoms with van der Waals surface area (Å²) in [4.78, 5) is 24.9. The van der Waals surface area contributed by atoms with Crippen molar-refractivity contribution in [3.8, 4) is 6.07 Å². The highest BCUT2D eigenvalue weighted by Crippen LogP contribution is 2.30. The Balaban J connectivity index is 1.44. The van der Waals surface area contributed by atoms with E-state index in [0.29, 0.717) is 48.5 Å². The summed E-state index contributed by atoms with van der Waals surface area (Å²) in [5.41, 5.74) is 2.25. The second kappa shape index (κ2) is 9.38. The van der Waals surface area contributed by atoms with E-state index >= 15 is 0 Å². The van der Waals surface area contributed by atoms with Crippen molar-refractivity contribution in [2.45, 2.75) is 32.2 Å². The molecule has 28 heavy (non-hydrogen) atoms. The SMILES string of the molecule is N#Cc1ccc(NC(=O)C2CCC(C(=O)NCc3ccc(Cl)cc3)CC2)cc1. The number of halogens is 1. The van der Waals surface area contributed by atoms with Crippen molar-refractivity contribution in [1.82, 2.24) is 5.32 Å². The smallest absolute Gasteiger partial charge is 0.227 e. The lowest BCUT2D eigenvalue weighted by Gasteiger charge is -2.27. The van der Waals surface area contributed by atoms with Gasteiger partial charge in [0.1, 0.15) is 0 Å². The number of carbonyl (C=O) groups is 2. The highest BCUT2D eigenvalue weighted by atomic mass is 35.5. The van der Waals surface area contributed by atoms with Crippen LogP contribution in [0.15, 0.2) is 48.5 Å². The first-order chi connectivity index (χ1) is 13.5. The zero-order valence-electron chi connectivity index (χ0n) is 15.5. The van der Waals surface area contributed by atoms with Crippen LogP contribution in [0.5, 0.6) is 0 Å². The molecule has 0 radical (unpaired) electrons. The molecule has 0 unspecified atom stereocenters. The third-order valence-electron chi connectivity index (χ3n) is 5.13. The molecule has 1 aliphatic carbocycles. The molecule has 0 atom stereocenters. The number of amides is 2. The predicted molar refractivity (Wildman–Crippen MR) is 109 cm³/mol. The monoisotopic (exact) mass is 395 g/mol. The van der Waals surface area contributed by atoms with Gasteiger partial charge in [0, 0.05) is 29.1 Å². The lowest BCUT2D eigenvalue weighted by atomic mass is 9.81. The van der Waals surface area contributed by atoms with E-state index in [9.17, 15) is 9.59 Å². The van der Waals surface area contributed by atoms with Crippen LogP contribution >= 0.6 is 11.6 Å². The highest BCUT2D eigenvalue weighted by Gasteiger charge is 2.29. The highest BCUT2D eigenvalue weighted by molar-refractivity contribution is 6.30. The van der Waals surface area contributed by atoms with Crippen LogP contribution in [-0.4, -0.2) is 11.8 Å². The van der Waals surface area contributed by atoms with E-state index in [0.717, 1.165) is 5.56 Å². The molecule has 0 heterocycles. The Morgan fingerprint density at radius 2 is 1.50 bits per heavy atom. The summed E-state index contributed by atoms with van der Waals surface area (Å²) in [5.74, 6) is -0.118. The van der Waals surface area contributed by atoms with Crippen molar-refractivity contribution >= 4 is 29.1 Å². The number of benzene rings is 2. The normalized spacial score (nSPS) is 18.7. The molecule has 0 saturated heterocycles. The van der Waals surface area contributed by atoms with Gasteiger partial charge in [-0.05, 0) is 67.6 Å². The minimum absolute atomic E-state index is 0.0234. The topological polar surface area (TPSA) is 82.0 Å². The van der Waals surface area contributed by atoms with Crippen molar-refractivity contribution in [2.24, 2.45) is 11.8 Å². The first-order valence-corrected chi connectivity index (χ1v) is 9.76. The van der Waals surface area contributed by atoms with Crippen LogP contribution in [0.1, 0.15) is 36.8 Å². The lowest BCUT2D eigenvalue weighted by molar-refractivity contribution is -0.128. The Hall–Kier alpha value is -2.84. The molecule has 3 rings (SSSR count). The quantitative estimate of drug-likeness (QED) is 0.792. The summed E-state index contributed by atoms with van der Waals surface area (Å²) < 4.78 is 0. The first kappa shape index (κ1) is 19.9. The van der Waals surface area contributed by atoms with E-state index in [-0.39, 0.29) is 23.7 Å². The van der Waals surface area contributed by atoms with Crippen LogP contribution in [0.3, 0.4) is 0 Å². The Kier molecular flexibility index (Phi) is 6.67. The van der Waals surface area contributed by atoms with E-state index in [1.165, 1.54) is 0 Å². The van der Waals surface area contributed by atoms with Gasteiger partial charge in [0.15, 0.2) is 0 Å². The molecule has 2 N–H and O–H groups in total. The number of hydrogen-bond acceptors (Lipinski definition) is 3. The Labute approximate surface area is 169 Å². The average Bonchev–Trinajstić information content (AvgIpc) is 2.73. The Bertz CT molecular complexity index is 864. The Morgan fingerprint density at radius 1 is 0.929 bits per heavy atom. The molecule has 6 heteroatoms. The summed E-state index contributed by atoms with van der Waals surface area (Å²) in [7, 11) is 0. The zero-order valence-corrected chi connectivity index (χ0v) is 16.2. The summed E-state index contributed by atoms with van der Waals surface area (Å²) >= 11 is 5.87. The molecule has 2 aromatic carbocycles. The van der Waals surface area contributed by atoms with Crippen molar-refractivity contribution in [3.63, 3.8) is 0 Å². The fraction of sp³-hybridized carbons (Fsp3) is 0.318. The number of rotatable bonds is 5. The molecule has 2 amide bonds. The number of hydrogen-bond donors (Lipinski definition) is 2. The van der Waals surface area contributed by atoms with Gasteiger partial charge >= 0.3 is 0 Å². The molecular weight excluding hydrogens is 374 g/mol. The third-order valence-corrected chi connectivity index (χ3v) is 5.38. The molecular formula is C22H22ClN3O2. The van der Waals surface area contributed by atoms with Crippen LogP contribution in [0.4, 0.5) is 5.69 Å². The summed E-state index contributed by atoms with van der Waals surface area (Å²) in [5, 5.41) is 15.4. The van der Waals surface area contributed by atoms with Crippen LogP contribution in [0.2, 0.25) is 5.02 Å². The average molecular weight is 396 g/mol. The van der Waals surface area contributed by atoms with Gasteiger partial charge in [-0.1, -0.05) is 23.7 Å². The van der Waals surface area contributed by atoms with Gasteiger partial charge in [-0.15, -0.1) is 0 Å². The largest absolute Gasteiger partial charge is 0.352 e. The lowest BCUT2D eigenvalue weighted by Crippen LogP contribution is -2.35. The van der Waals surface area contributed by atoms with E-state index in [1.807, 2.05) is 12.1 Å². The van der Waals surface area contributed by atoms with E-state index in [2.05, 4.69) is 16.7 Å². The molecule has 0 spiro atoms. The predicted octanol–water partition coefficient (Wildman–Crippen LogP) is 4.27. The molecule has 0 aliphatic heterocycles. The van der Waals surface area contributed by atoms with Crippen molar-refractivity contribution < 1.29 is 9.59 Å². The second-order valence-electron chi connectivity index (χ2n) is 7.07. The van der Waals surface area contributed by atoms with Gasteiger partial charge in [0.25, 0.3) is 0 Å². The van der Waals surface area contributed by atoms with Crippen molar-refractivity contribution in [3.05, 3.63) is 64.7 Å². The molecule has 0 aromatic heterocycles. The van der Waals surface area contributed by atoms with E-state index in [1.54, 1.807) is 36.4 Å². The third kappa shape index (κ3) is 5.34. The maximum absolute atomic E-state index is 12.4. The molecule has 1 aliphatic rings. The van der Waals surface area contributed by atoms with Gasteiger partial charge in [-0.25, -0.2) is 0 Å². The van der Waals surface area contributed by atoms with Crippen molar-refractivity contribution in [1.29, 1.82) is 5.26 Å². The maximum Gasteiger partial charge on any atom is 0.227 e. The van der Waals surface area contributed by atoms with E-state index < -0.39 is 0 Å². The van der Waals surface area contributed by atoms with Gasteiger partial charge in [-0.2, -0.15) is 5.26 Å². The summed E-state index contributed by atoms with van der Waals surface area (Å²) in [6.45, 7) is 0.481. The molecule has 144 valence electrons. The number of anilines is 1. The maximum atomic E-state index is 12.4. The van der Waals surface area contributed by atoms with Gasteiger partial charge in [0.05, 0.1) is 11.6 Å². The number of nitriles is 1. The summed E-state index contributed by atoms with van der Waals surface area (Å²) in [6, 6.07) is 16.3. The zero-order chi connectivity index (χ0) is 19.9. The molecule has 1 saturated carbocycles. The van der Waals surface area contributed by atoms with Crippen LogP contribution in [-0.2, 0) is 16.1 Å². The molecule has 0 bridgehead atoms. The summed E-state index contributed by atoms with van der Waals surface area (Å²) in [6.07, 6.45) is 2.80. The number of carbonyl (C=O) groups excluding carboxylic acids is 2. The fourth-order valence-electron chi connectivity index (χ4n) is 3.43. The van der Waals surface area contributed by atoms with Crippen LogP contribution < -0.4 is 10.6 Å². The standard InChI is InChI=1S/C22H22ClN3O2/c23-19-9-1-16(2-10-19)14-25-21(27)17-5-7-18(8-6-17)22(28)26-20-11-3-15(13-24)4-12-20/h1-4,9-12,17-18H,5-8,14H2,(H,25,27)(H,26,28). The van der Waals surface area contributed by atoms with Crippen molar-refractivity contribution in [2.75, 3.05) is 5.32 Å². The van der Waals surface area contributed by atoms with Crippen LogP contribution in [0, 0.1) is 23.2 Å². The molecule has 5 nitrogen and oxygen atoms in total. The molecule has 2 aromatic rings. The molecule has 1 fully saturated rings.